The van der Waals surface area contributed by atoms with Gasteiger partial charge < -0.3 is 10.4 Å². The van der Waals surface area contributed by atoms with Gasteiger partial charge in [0.25, 0.3) is 0 Å². The van der Waals surface area contributed by atoms with E-state index in [1.165, 1.54) is 0 Å². The predicted molar refractivity (Wildman–Crippen MR) is 74.2 cm³/mol. The van der Waals surface area contributed by atoms with Crippen molar-refractivity contribution in [3.8, 4) is 0 Å². The molecule has 0 aromatic carbocycles. The number of carbonyl (C=O) groups is 1. The third kappa shape index (κ3) is 4.27. The Morgan fingerprint density at radius 3 is 2.33 bits per heavy atom. The second-order valence-corrected chi connectivity index (χ2v) is 7.37. The van der Waals surface area contributed by atoms with Crippen molar-refractivity contribution in [2.24, 2.45) is 16.7 Å². The maximum Gasteiger partial charge on any atom is 0.217 e. The number of hydrogen-bond donors (Lipinski definition) is 2. The number of rotatable bonds is 3. The zero-order valence-corrected chi connectivity index (χ0v) is 12.5. The Balaban J connectivity index is 2.88. The Hall–Kier alpha value is -0.570. The summed E-state index contributed by atoms with van der Waals surface area (Å²) in [5.41, 5.74) is 0.393. The molecule has 3 heteroatoms. The van der Waals surface area contributed by atoms with Gasteiger partial charge in [0.15, 0.2) is 0 Å². The smallest absolute Gasteiger partial charge is 0.217 e. The van der Waals surface area contributed by atoms with Crippen LogP contribution in [0.3, 0.4) is 0 Å². The Bertz CT molecular complexity index is 297. The molecule has 1 amide bonds. The summed E-state index contributed by atoms with van der Waals surface area (Å²) in [6.45, 7) is 10.9. The predicted octanol–water partition coefficient (Wildman–Crippen LogP) is 2.73. The summed E-state index contributed by atoms with van der Waals surface area (Å²) in [6, 6.07) is 0.260. The Morgan fingerprint density at radius 1 is 1.22 bits per heavy atom. The van der Waals surface area contributed by atoms with Crippen LogP contribution < -0.4 is 5.32 Å². The van der Waals surface area contributed by atoms with Gasteiger partial charge >= 0.3 is 0 Å². The standard InChI is InChI=1S/C15H29NO2/c1-11(18)16-13-9-14(2,3)8-12(6-7-17)15(4,5)10-13/h12-13,17H,6-10H2,1-5H3,(H,16,18). The molecule has 1 aliphatic rings. The Kier molecular flexibility index (Phi) is 4.82. The highest BCUT2D eigenvalue weighted by atomic mass is 16.3. The van der Waals surface area contributed by atoms with E-state index < -0.39 is 0 Å². The summed E-state index contributed by atoms with van der Waals surface area (Å²) in [4.78, 5) is 11.3. The monoisotopic (exact) mass is 255 g/mol. The molecule has 1 fully saturated rings. The van der Waals surface area contributed by atoms with Crippen LogP contribution in [0.4, 0.5) is 0 Å². The fraction of sp³-hybridized carbons (Fsp3) is 0.933. The van der Waals surface area contributed by atoms with Crippen LogP contribution in [0, 0.1) is 16.7 Å². The first kappa shape index (κ1) is 15.5. The van der Waals surface area contributed by atoms with E-state index in [4.69, 9.17) is 0 Å². The number of hydrogen-bond acceptors (Lipinski definition) is 2. The van der Waals surface area contributed by atoms with Crippen molar-refractivity contribution in [1.29, 1.82) is 0 Å². The van der Waals surface area contributed by atoms with Crippen molar-refractivity contribution in [1.82, 2.24) is 5.32 Å². The zero-order valence-electron chi connectivity index (χ0n) is 12.5. The van der Waals surface area contributed by atoms with Crippen LogP contribution >= 0.6 is 0 Å². The number of aliphatic hydroxyl groups is 1. The second kappa shape index (κ2) is 5.60. The van der Waals surface area contributed by atoms with Crippen molar-refractivity contribution in [3.63, 3.8) is 0 Å². The van der Waals surface area contributed by atoms with E-state index in [0.29, 0.717) is 5.92 Å². The van der Waals surface area contributed by atoms with Gasteiger partial charge in [0.2, 0.25) is 5.91 Å². The second-order valence-electron chi connectivity index (χ2n) is 7.37. The number of amides is 1. The highest BCUT2D eigenvalue weighted by molar-refractivity contribution is 5.73. The molecule has 2 unspecified atom stereocenters. The minimum Gasteiger partial charge on any atom is -0.396 e. The lowest BCUT2D eigenvalue weighted by molar-refractivity contribution is -0.120. The molecular weight excluding hydrogens is 226 g/mol. The number of carbonyl (C=O) groups excluding carboxylic acids is 1. The maximum atomic E-state index is 11.3. The minimum absolute atomic E-state index is 0.0622. The molecule has 0 aromatic rings. The van der Waals surface area contributed by atoms with E-state index in [2.05, 4.69) is 33.0 Å². The summed E-state index contributed by atoms with van der Waals surface area (Å²) in [5.74, 6) is 0.587. The van der Waals surface area contributed by atoms with E-state index in [9.17, 15) is 9.90 Å². The van der Waals surface area contributed by atoms with Crippen LogP contribution in [-0.2, 0) is 4.79 Å². The van der Waals surface area contributed by atoms with Gasteiger partial charge in [-0.25, -0.2) is 0 Å². The lowest BCUT2D eigenvalue weighted by atomic mass is 9.70. The van der Waals surface area contributed by atoms with E-state index in [1.54, 1.807) is 6.92 Å². The third-order valence-corrected chi connectivity index (χ3v) is 4.36. The van der Waals surface area contributed by atoms with Gasteiger partial charge in [0.05, 0.1) is 0 Å². The molecule has 0 saturated heterocycles. The van der Waals surface area contributed by atoms with Crippen LogP contribution in [0.25, 0.3) is 0 Å². The molecule has 1 saturated carbocycles. The lowest BCUT2D eigenvalue weighted by Crippen LogP contribution is -2.38. The largest absolute Gasteiger partial charge is 0.396 e. The van der Waals surface area contributed by atoms with E-state index in [1.807, 2.05) is 0 Å². The molecule has 0 radical (unpaired) electrons. The van der Waals surface area contributed by atoms with Crippen LogP contribution in [-0.4, -0.2) is 23.7 Å². The topological polar surface area (TPSA) is 49.3 Å². The van der Waals surface area contributed by atoms with E-state index in [0.717, 1.165) is 25.7 Å². The SMILES string of the molecule is CC(=O)NC1CC(C)(C)CC(CCO)C(C)(C)C1. The first-order valence-electron chi connectivity index (χ1n) is 7.04. The van der Waals surface area contributed by atoms with Crippen LogP contribution in [0.1, 0.15) is 60.3 Å². The highest BCUT2D eigenvalue weighted by Crippen LogP contribution is 2.47. The third-order valence-electron chi connectivity index (χ3n) is 4.36. The fourth-order valence-corrected chi connectivity index (χ4v) is 3.61. The molecule has 2 N–H and O–H groups in total. The Labute approximate surface area is 111 Å². The zero-order chi connectivity index (χ0) is 14.0. The van der Waals surface area contributed by atoms with Crippen molar-refractivity contribution in [2.75, 3.05) is 6.61 Å². The molecular formula is C15H29NO2. The molecule has 0 heterocycles. The molecule has 1 rings (SSSR count). The quantitative estimate of drug-likeness (QED) is 0.762. The highest BCUT2D eigenvalue weighted by Gasteiger charge is 2.40. The molecule has 0 spiro atoms. The van der Waals surface area contributed by atoms with Crippen LogP contribution in [0.15, 0.2) is 0 Å². The first-order valence-corrected chi connectivity index (χ1v) is 7.04. The molecule has 2 atom stereocenters. The van der Waals surface area contributed by atoms with Crippen LogP contribution in [0.5, 0.6) is 0 Å². The molecule has 18 heavy (non-hydrogen) atoms. The van der Waals surface area contributed by atoms with Gasteiger partial charge in [-0.15, -0.1) is 0 Å². The molecule has 0 aromatic heterocycles. The maximum absolute atomic E-state index is 11.3. The Morgan fingerprint density at radius 2 is 1.83 bits per heavy atom. The summed E-state index contributed by atoms with van der Waals surface area (Å²) in [6.07, 6.45) is 4.01. The summed E-state index contributed by atoms with van der Waals surface area (Å²) < 4.78 is 0. The summed E-state index contributed by atoms with van der Waals surface area (Å²) in [7, 11) is 0. The summed E-state index contributed by atoms with van der Waals surface area (Å²) in [5, 5.41) is 12.3. The first-order chi connectivity index (χ1) is 8.16. The normalized spacial score (nSPS) is 30.6. The van der Waals surface area contributed by atoms with Crippen molar-refractivity contribution in [3.05, 3.63) is 0 Å². The van der Waals surface area contributed by atoms with Gasteiger partial charge in [-0.1, -0.05) is 27.7 Å². The number of aliphatic hydroxyl groups excluding tert-OH is 1. The molecule has 0 aliphatic heterocycles. The van der Waals surface area contributed by atoms with Gasteiger partial charge in [-0.05, 0) is 42.4 Å². The van der Waals surface area contributed by atoms with Crippen molar-refractivity contribution in [2.45, 2.75) is 66.3 Å². The molecule has 3 nitrogen and oxygen atoms in total. The number of nitrogens with one attached hydrogen (secondary N) is 1. The average molecular weight is 255 g/mol. The lowest BCUT2D eigenvalue weighted by Gasteiger charge is -2.35. The molecule has 1 aliphatic carbocycles. The average Bonchev–Trinajstić information content (AvgIpc) is 2.20. The van der Waals surface area contributed by atoms with E-state index in [-0.39, 0.29) is 29.4 Å². The van der Waals surface area contributed by atoms with Gasteiger partial charge in [-0.2, -0.15) is 0 Å². The minimum atomic E-state index is 0.0622. The van der Waals surface area contributed by atoms with Crippen molar-refractivity contribution >= 4 is 5.91 Å². The van der Waals surface area contributed by atoms with Crippen LogP contribution in [0.2, 0.25) is 0 Å². The van der Waals surface area contributed by atoms with Gasteiger partial charge in [0, 0.05) is 19.6 Å². The summed E-state index contributed by atoms with van der Waals surface area (Å²) >= 11 is 0. The van der Waals surface area contributed by atoms with Gasteiger partial charge in [0.1, 0.15) is 0 Å². The molecule has 0 bridgehead atoms. The molecule has 106 valence electrons. The van der Waals surface area contributed by atoms with E-state index >= 15 is 0 Å². The van der Waals surface area contributed by atoms with Crippen molar-refractivity contribution < 1.29 is 9.90 Å². The van der Waals surface area contributed by atoms with Gasteiger partial charge in [-0.3, -0.25) is 4.79 Å². The fourth-order valence-electron chi connectivity index (χ4n) is 3.61.